The van der Waals surface area contributed by atoms with Gasteiger partial charge in [0.2, 0.25) is 0 Å². The molecule has 0 unspecified atom stereocenters. The smallest absolute Gasteiger partial charge is 0.343 e. The predicted molar refractivity (Wildman–Crippen MR) is 156 cm³/mol. The number of rotatable bonds is 7. The number of carbonyl (C=O) groups is 2. The first kappa shape index (κ1) is 26.3. The van der Waals surface area contributed by atoms with Gasteiger partial charge in [-0.25, -0.2) is 4.79 Å². The molecule has 0 atom stereocenters. The van der Waals surface area contributed by atoms with Crippen molar-refractivity contribution in [1.82, 2.24) is 0 Å². The summed E-state index contributed by atoms with van der Waals surface area (Å²) in [7, 11) is 0. The number of esters is 1. The number of phenols is 2. The number of benzene rings is 5. The van der Waals surface area contributed by atoms with Gasteiger partial charge in [0.15, 0.2) is 0 Å². The molecule has 5 aromatic carbocycles. The Morgan fingerprint density at radius 3 is 1.55 bits per heavy atom. The van der Waals surface area contributed by atoms with Crippen LogP contribution >= 0.6 is 0 Å². The van der Waals surface area contributed by atoms with Crippen molar-refractivity contribution in [2.75, 3.05) is 11.4 Å². The largest absolute Gasteiger partial charge is 0.508 e. The van der Waals surface area contributed by atoms with Crippen molar-refractivity contribution in [2.45, 2.75) is 6.92 Å². The fraction of sp³-hybridized carbons (Fsp3) is 0.0588. The fourth-order valence-corrected chi connectivity index (χ4v) is 4.39. The Morgan fingerprint density at radius 1 is 0.625 bits per heavy atom. The zero-order valence-corrected chi connectivity index (χ0v) is 21.8. The number of nitrogens with zero attached hydrogens (tertiary/aromatic N) is 1. The van der Waals surface area contributed by atoms with Crippen LogP contribution in [0.5, 0.6) is 17.2 Å². The van der Waals surface area contributed by atoms with Gasteiger partial charge < -0.3 is 19.8 Å². The van der Waals surface area contributed by atoms with Crippen LogP contribution in [0.4, 0.5) is 5.69 Å². The predicted octanol–water partition coefficient (Wildman–Crippen LogP) is 7.32. The minimum absolute atomic E-state index is 0.173. The van der Waals surface area contributed by atoms with Gasteiger partial charge in [0, 0.05) is 23.9 Å². The Bertz CT molecular complexity index is 1620. The summed E-state index contributed by atoms with van der Waals surface area (Å²) in [5.74, 6) is 0.0456. The van der Waals surface area contributed by atoms with Gasteiger partial charge in [0.1, 0.15) is 17.2 Å². The minimum Gasteiger partial charge on any atom is -0.508 e. The number of hydrogen-bond donors (Lipinski definition) is 2. The summed E-state index contributed by atoms with van der Waals surface area (Å²) < 4.78 is 5.63. The van der Waals surface area contributed by atoms with Crippen LogP contribution < -0.4 is 9.64 Å². The number of amides is 1. The van der Waals surface area contributed by atoms with Gasteiger partial charge in [0.05, 0.1) is 5.56 Å². The molecule has 0 radical (unpaired) electrons. The Kier molecular flexibility index (Phi) is 7.60. The highest BCUT2D eigenvalue weighted by molar-refractivity contribution is 6.06. The minimum atomic E-state index is -0.506. The summed E-state index contributed by atoms with van der Waals surface area (Å²) in [6, 6.07) is 35.0. The summed E-state index contributed by atoms with van der Waals surface area (Å²) in [4.78, 5) is 27.8. The number of phenolic OH excluding ortho intramolecular Hbond substituents is 2. The Hall–Kier alpha value is -5.36. The van der Waals surface area contributed by atoms with E-state index in [1.54, 1.807) is 89.8 Å². The van der Waals surface area contributed by atoms with Crippen LogP contribution in [0.2, 0.25) is 0 Å². The number of anilines is 1. The van der Waals surface area contributed by atoms with E-state index in [4.69, 9.17) is 4.74 Å². The van der Waals surface area contributed by atoms with E-state index in [-0.39, 0.29) is 17.4 Å². The van der Waals surface area contributed by atoms with Crippen molar-refractivity contribution in [2.24, 2.45) is 0 Å². The third kappa shape index (κ3) is 5.87. The second-order valence-electron chi connectivity index (χ2n) is 9.18. The average molecular weight is 530 g/mol. The van der Waals surface area contributed by atoms with Crippen LogP contribution in [0.15, 0.2) is 121 Å². The Morgan fingerprint density at radius 2 is 1.07 bits per heavy atom. The molecule has 0 fully saturated rings. The summed E-state index contributed by atoms with van der Waals surface area (Å²) in [6.07, 6.45) is 0. The van der Waals surface area contributed by atoms with Crippen LogP contribution in [0.3, 0.4) is 0 Å². The Balaban J connectivity index is 1.28. The summed E-state index contributed by atoms with van der Waals surface area (Å²) in [6.45, 7) is 2.31. The van der Waals surface area contributed by atoms with Gasteiger partial charge in [-0.1, -0.05) is 54.6 Å². The molecule has 2 N–H and O–H groups in total. The first-order chi connectivity index (χ1) is 19.4. The maximum Gasteiger partial charge on any atom is 0.343 e. The van der Waals surface area contributed by atoms with Crippen LogP contribution in [-0.4, -0.2) is 28.6 Å². The standard InChI is InChI=1S/C34H27NO5/c1-2-35(33(38)27-10-6-23(7-11-27)25-14-18-30(36)19-15-25)29-4-3-5-32(22-29)40-34(39)28-12-8-24(9-13-28)26-16-20-31(37)21-17-26/h3-22,36-37H,2H2,1H3. The lowest BCUT2D eigenvalue weighted by atomic mass is 10.0. The molecule has 6 heteroatoms. The summed E-state index contributed by atoms with van der Waals surface area (Å²) in [5, 5.41) is 19.0. The van der Waals surface area contributed by atoms with E-state index in [2.05, 4.69) is 0 Å². The van der Waals surface area contributed by atoms with Crippen molar-refractivity contribution >= 4 is 17.6 Å². The van der Waals surface area contributed by atoms with Crippen molar-refractivity contribution in [3.05, 3.63) is 132 Å². The van der Waals surface area contributed by atoms with Gasteiger partial charge in [0.25, 0.3) is 5.91 Å². The van der Waals surface area contributed by atoms with Crippen molar-refractivity contribution < 1.29 is 24.5 Å². The number of hydrogen-bond acceptors (Lipinski definition) is 5. The van der Waals surface area contributed by atoms with Gasteiger partial charge in [-0.05, 0) is 89.8 Å². The molecule has 40 heavy (non-hydrogen) atoms. The van der Waals surface area contributed by atoms with Crippen LogP contribution in [0.25, 0.3) is 22.3 Å². The van der Waals surface area contributed by atoms with E-state index in [1.807, 2.05) is 43.3 Å². The topological polar surface area (TPSA) is 87.1 Å². The molecule has 0 spiro atoms. The second kappa shape index (κ2) is 11.6. The van der Waals surface area contributed by atoms with Crippen molar-refractivity contribution in [3.63, 3.8) is 0 Å². The van der Waals surface area contributed by atoms with E-state index >= 15 is 0 Å². The maximum absolute atomic E-state index is 13.4. The zero-order valence-electron chi connectivity index (χ0n) is 21.8. The highest BCUT2D eigenvalue weighted by atomic mass is 16.5. The molecule has 0 aliphatic carbocycles. The molecule has 0 heterocycles. The third-order valence-corrected chi connectivity index (χ3v) is 6.55. The number of ether oxygens (including phenoxy) is 1. The molecule has 1 amide bonds. The molecule has 198 valence electrons. The van der Waals surface area contributed by atoms with E-state index in [0.717, 1.165) is 22.3 Å². The van der Waals surface area contributed by atoms with Gasteiger partial charge >= 0.3 is 5.97 Å². The molecule has 5 aromatic rings. The first-order valence-electron chi connectivity index (χ1n) is 12.8. The SMILES string of the molecule is CCN(C(=O)c1ccc(-c2ccc(O)cc2)cc1)c1cccc(OC(=O)c2ccc(-c3ccc(O)cc3)cc2)c1. The van der Waals surface area contributed by atoms with Gasteiger partial charge in [-0.3, -0.25) is 4.79 Å². The zero-order chi connectivity index (χ0) is 28.1. The highest BCUT2D eigenvalue weighted by Gasteiger charge is 2.18. The van der Waals surface area contributed by atoms with E-state index < -0.39 is 5.97 Å². The van der Waals surface area contributed by atoms with E-state index in [9.17, 15) is 19.8 Å². The summed E-state index contributed by atoms with van der Waals surface area (Å²) in [5.41, 5.74) is 5.24. The lowest BCUT2D eigenvalue weighted by molar-refractivity contribution is 0.0735. The molecule has 0 aliphatic rings. The summed E-state index contributed by atoms with van der Waals surface area (Å²) >= 11 is 0. The Labute approximate surface area is 232 Å². The van der Waals surface area contributed by atoms with Gasteiger partial charge in [-0.2, -0.15) is 0 Å². The molecular weight excluding hydrogens is 502 g/mol. The highest BCUT2D eigenvalue weighted by Crippen LogP contribution is 2.27. The lowest BCUT2D eigenvalue weighted by Crippen LogP contribution is -2.30. The normalized spacial score (nSPS) is 10.6. The van der Waals surface area contributed by atoms with Crippen LogP contribution in [0.1, 0.15) is 27.6 Å². The molecule has 0 aliphatic heterocycles. The monoisotopic (exact) mass is 529 g/mol. The maximum atomic E-state index is 13.4. The van der Waals surface area contributed by atoms with Gasteiger partial charge in [-0.15, -0.1) is 0 Å². The molecule has 0 saturated carbocycles. The second-order valence-corrected chi connectivity index (χ2v) is 9.18. The van der Waals surface area contributed by atoms with Crippen molar-refractivity contribution in [3.8, 4) is 39.5 Å². The van der Waals surface area contributed by atoms with Crippen LogP contribution in [-0.2, 0) is 0 Å². The molecule has 6 nitrogen and oxygen atoms in total. The quantitative estimate of drug-likeness (QED) is 0.170. The van der Waals surface area contributed by atoms with E-state index in [0.29, 0.717) is 29.1 Å². The lowest BCUT2D eigenvalue weighted by Gasteiger charge is -2.22. The first-order valence-corrected chi connectivity index (χ1v) is 12.8. The fourth-order valence-electron chi connectivity index (χ4n) is 4.39. The molecule has 0 aromatic heterocycles. The van der Waals surface area contributed by atoms with Crippen LogP contribution in [0, 0.1) is 0 Å². The van der Waals surface area contributed by atoms with Crippen molar-refractivity contribution in [1.29, 1.82) is 0 Å². The molecule has 0 bridgehead atoms. The average Bonchev–Trinajstić information content (AvgIpc) is 2.99. The molecule has 5 rings (SSSR count). The third-order valence-electron chi connectivity index (χ3n) is 6.55. The molecular formula is C34H27NO5. The van der Waals surface area contributed by atoms with E-state index in [1.165, 1.54) is 0 Å². The molecule has 0 saturated heterocycles. The number of carbonyl (C=O) groups excluding carboxylic acids is 2. The number of aromatic hydroxyl groups is 2.